The van der Waals surface area contributed by atoms with Crippen molar-refractivity contribution in [1.82, 2.24) is 0 Å². The van der Waals surface area contributed by atoms with Gasteiger partial charge in [0.25, 0.3) is 5.69 Å². The number of benzene rings is 1. The first-order valence-corrected chi connectivity index (χ1v) is 5.12. The van der Waals surface area contributed by atoms with Crippen LogP contribution in [0.25, 0.3) is 0 Å². The SMILES string of the molecule is O=[N+]([O-])c1cc(CBr)cc(Cl)c1Cl. The molecule has 0 atom stereocenters. The molecule has 0 unspecified atom stereocenters. The predicted octanol–water partition coefficient (Wildman–Crippen LogP) is 3.80. The lowest BCUT2D eigenvalue weighted by atomic mass is 10.2. The van der Waals surface area contributed by atoms with Crippen LogP contribution in [0, 0.1) is 10.1 Å². The smallest absolute Gasteiger partial charge is 0.258 e. The number of nitrogens with zero attached hydrogens (tertiary/aromatic N) is 1. The van der Waals surface area contributed by atoms with E-state index in [4.69, 9.17) is 23.2 Å². The number of alkyl halides is 1. The van der Waals surface area contributed by atoms with Gasteiger partial charge >= 0.3 is 0 Å². The molecule has 0 heterocycles. The third-order valence-electron chi connectivity index (χ3n) is 1.42. The van der Waals surface area contributed by atoms with Crippen molar-refractivity contribution in [1.29, 1.82) is 0 Å². The summed E-state index contributed by atoms with van der Waals surface area (Å²) in [5, 5.41) is 11.2. The van der Waals surface area contributed by atoms with Gasteiger partial charge in [0.15, 0.2) is 0 Å². The fourth-order valence-corrected chi connectivity index (χ4v) is 1.58. The first-order chi connectivity index (χ1) is 6.06. The molecule has 0 saturated carbocycles. The first kappa shape index (κ1) is 10.8. The molecule has 13 heavy (non-hydrogen) atoms. The van der Waals surface area contributed by atoms with Crippen molar-refractivity contribution in [3.05, 3.63) is 37.9 Å². The summed E-state index contributed by atoms with van der Waals surface area (Å²) in [6.07, 6.45) is 0. The Kier molecular flexibility index (Phi) is 3.53. The van der Waals surface area contributed by atoms with Gasteiger partial charge < -0.3 is 0 Å². The van der Waals surface area contributed by atoms with E-state index >= 15 is 0 Å². The number of hydrogen-bond donors (Lipinski definition) is 0. The Morgan fingerprint density at radius 2 is 2.08 bits per heavy atom. The van der Waals surface area contributed by atoms with Crippen LogP contribution in [0.15, 0.2) is 12.1 Å². The summed E-state index contributed by atoms with van der Waals surface area (Å²) in [5.74, 6) is 0. The van der Waals surface area contributed by atoms with Crippen molar-refractivity contribution in [3.8, 4) is 0 Å². The fraction of sp³-hybridized carbons (Fsp3) is 0.143. The van der Waals surface area contributed by atoms with Crippen molar-refractivity contribution < 1.29 is 4.92 Å². The average molecular weight is 285 g/mol. The number of rotatable bonds is 2. The van der Waals surface area contributed by atoms with E-state index in [-0.39, 0.29) is 15.7 Å². The Morgan fingerprint density at radius 3 is 2.54 bits per heavy atom. The van der Waals surface area contributed by atoms with Crippen molar-refractivity contribution in [2.45, 2.75) is 5.33 Å². The molecule has 0 fully saturated rings. The number of nitro benzene ring substituents is 1. The van der Waals surface area contributed by atoms with Crippen LogP contribution in [0.2, 0.25) is 10.0 Å². The molecule has 6 heteroatoms. The monoisotopic (exact) mass is 283 g/mol. The highest BCUT2D eigenvalue weighted by Crippen LogP contribution is 2.33. The molecule has 1 aromatic rings. The van der Waals surface area contributed by atoms with Crippen LogP contribution in [-0.2, 0) is 5.33 Å². The van der Waals surface area contributed by atoms with Crippen molar-refractivity contribution >= 4 is 44.8 Å². The van der Waals surface area contributed by atoms with E-state index in [0.29, 0.717) is 5.33 Å². The Morgan fingerprint density at radius 1 is 1.46 bits per heavy atom. The minimum atomic E-state index is -0.555. The summed E-state index contributed by atoms with van der Waals surface area (Å²) in [6.45, 7) is 0. The Labute approximate surface area is 92.9 Å². The van der Waals surface area contributed by atoms with Crippen LogP contribution in [0.5, 0.6) is 0 Å². The van der Waals surface area contributed by atoms with Crippen LogP contribution in [0.1, 0.15) is 5.56 Å². The average Bonchev–Trinajstić information content (AvgIpc) is 2.09. The Balaban J connectivity index is 3.33. The lowest BCUT2D eigenvalue weighted by Crippen LogP contribution is -1.91. The zero-order valence-corrected chi connectivity index (χ0v) is 9.36. The molecule has 0 aromatic heterocycles. The van der Waals surface area contributed by atoms with E-state index in [1.165, 1.54) is 6.07 Å². The molecule has 0 aliphatic rings. The molecule has 0 aliphatic carbocycles. The summed E-state index contributed by atoms with van der Waals surface area (Å²) in [4.78, 5) is 9.93. The molecule has 1 aromatic carbocycles. The molecule has 1 rings (SSSR count). The van der Waals surface area contributed by atoms with Crippen molar-refractivity contribution in [2.24, 2.45) is 0 Å². The van der Waals surface area contributed by atoms with Crippen molar-refractivity contribution in [2.75, 3.05) is 0 Å². The van der Waals surface area contributed by atoms with Gasteiger partial charge in [-0.05, 0) is 11.6 Å². The highest BCUT2D eigenvalue weighted by atomic mass is 79.9. The van der Waals surface area contributed by atoms with Crippen LogP contribution in [0.4, 0.5) is 5.69 Å². The van der Waals surface area contributed by atoms with Crippen LogP contribution < -0.4 is 0 Å². The van der Waals surface area contributed by atoms with Gasteiger partial charge in [0, 0.05) is 11.4 Å². The van der Waals surface area contributed by atoms with Crippen molar-refractivity contribution in [3.63, 3.8) is 0 Å². The zero-order chi connectivity index (χ0) is 10.0. The molecular formula is C7H4BrCl2NO2. The van der Waals surface area contributed by atoms with Gasteiger partial charge in [0.2, 0.25) is 0 Å². The predicted molar refractivity (Wildman–Crippen MR) is 55.7 cm³/mol. The molecular weight excluding hydrogens is 281 g/mol. The summed E-state index contributed by atoms with van der Waals surface area (Å²) in [6, 6.07) is 2.98. The highest BCUT2D eigenvalue weighted by Gasteiger charge is 2.16. The van der Waals surface area contributed by atoms with Gasteiger partial charge in [0.1, 0.15) is 5.02 Å². The topological polar surface area (TPSA) is 43.1 Å². The largest absolute Gasteiger partial charge is 0.289 e. The second-order valence-electron chi connectivity index (χ2n) is 2.30. The maximum atomic E-state index is 10.5. The maximum Gasteiger partial charge on any atom is 0.289 e. The molecule has 70 valence electrons. The number of nitro groups is 1. The summed E-state index contributed by atoms with van der Waals surface area (Å²) in [5.41, 5.74) is 0.560. The van der Waals surface area contributed by atoms with E-state index in [2.05, 4.69) is 15.9 Å². The van der Waals surface area contributed by atoms with E-state index in [9.17, 15) is 10.1 Å². The fourth-order valence-electron chi connectivity index (χ4n) is 0.839. The van der Waals surface area contributed by atoms with Gasteiger partial charge in [-0.25, -0.2) is 0 Å². The lowest BCUT2D eigenvalue weighted by molar-refractivity contribution is -0.384. The number of hydrogen-bond acceptors (Lipinski definition) is 2. The molecule has 0 bridgehead atoms. The zero-order valence-electron chi connectivity index (χ0n) is 6.26. The van der Waals surface area contributed by atoms with Crippen LogP contribution >= 0.6 is 39.1 Å². The third kappa shape index (κ3) is 2.33. The molecule has 0 N–H and O–H groups in total. The normalized spacial score (nSPS) is 10.1. The van der Waals surface area contributed by atoms with Gasteiger partial charge in [-0.2, -0.15) is 0 Å². The summed E-state index contributed by atoms with van der Waals surface area (Å²) in [7, 11) is 0. The van der Waals surface area contributed by atoms with Crippen LogP contribution in [0.3, 0.4) is 0 Å². The molecule has 3 nitrogen and oxygen atoms in total. The lowest BCUT2D eigenvalue weighted by Gasteiger charge is -2.00. The maximum absolute atomic E-state index is 10.5. The highest BCUT2D eigenvalue weighted by molar-refractivity contribution is 9.08. The van der Waals surface area contributed by atoms with E-state index < -0.39 is 4.92 Å². The summed E-state index contributed by atoms with van der Waals surface area (Å²) < 4.78 is 0. The first-order valence-electron chi connectivity index (χ1n) is 3.24. The van der Waals surface area contributed by atoms with Gasteiger partial charge in [0.05, 0.1) is 9.95 Å². The summed E-state index contributed by atoms with van der Waals surface area (Å²) >= 11 is 14.5. The Hall–Kier alpha value is -0.320. The minimum Gasteiger partial charge on any atom is -0.258 e. The quantitative estimate of drug-likeness (QED) is 0.471. The van der Waals surface area contributed by atoms with E-state index in [1.807, 2.05) is 0 Å². The minimum absolute atomic E-state index is 0.0173. The molecule has 0 radical (unpaired) electrons. The molecule has 0 amide bonds. The molecule has 0 aliphatic heterocycles. The number of halogens is 3. The molecule has 0 saturated heterocycles. The van der Waals surface area contributed by atoms with Gasteiger partial charge in [-0.1, -0.05) is 39.1 Å². The van der Waals surface area contributed by atoms with Crippen LogP contribution in [-0.4, -0.2) is 4.92 Å². The van der Waals surface area contributed by atoms with Gasteiger partial charge in [-0.15, -0.1) is 0 Å². The molecule has 0 spiro atoms. The van der Waals surface area contributed by atoms with Gasteiger partial charge in [-0.3, -0.25) is 10.1 Å². The van der Waals surface area contributed by atoms with E-state index in [1.54, 1.807) is 6.07 Å². The Bertz CT molecular complexity index is 357. The second kappa shape index (κ2) is 4.26. The second-order valence-corrected chi connectivity index (χ2v) is 3.65. The van der Waals surface area contributed by atoms with E-state index in [0.717, 1.165) is 5.56 Å². The standard InChI is InChI=1S/C7H4BrCl2NO2/c8-3-4-1-5(9)7(10)6(2-4)11(12)13/h1-2H,3H2. The third-order valence-corrected chi connectivity index (χ3v) is 2.86.